The van der Waals surface area contributed by atoms with Crippen LogP contribution < -0.4 is 32.8 Å². The number of aromatic nitrogens is 3. The fraction of sp³-hybridized carbons (Fsp3) is 0.0625. The molecule has 1 N–H and O–H groups in total. The summed E-state index contributed by atoms with van der Waals surface area (Å²) < 4.78 is 1.08. The smallest absolute Gasteiger partial charge is 0.226 e. The highest BCUT2D eigenvalue weighted by Crippen LogP contribution is 2.35. The van der Waals surface area contributed by atoms with Crippen LogP contribution in [0.25, 0.3) is 31.6 Å². The van der Waals surface area contributed by atoms with Gasteiger partial charge in [-0.2, -0.15) is 4.98 Å². The van der Waals surface area contributed by atoms with Crippen molar-refractivity contribution in [1.29, 1.82) is 0 Å². The molecular weight excluding hydrogens is 383 g/mol. The number of hydrogen-bond acceptors (Lipinski definition) is 5. The fourth-order valence-corrected chi connectivity index (χ4v) is 4.69. The second kappa shape index (κ2) is 6.60. The first-order valence-corrected chi connectivity index (χ1v) is 9.09. The molecule has 12 radical (unpaired) electrons. The summed E-state index contributed by atoms with van der Waals surface area (Å²) in [4.78, 5) is 12.5. The van der Waals surface area contributed by atoms with Crippen LogP contribution in [0, 0.1) is 6.92 Å². The number of phenolic OH excluding ortho intramolecular Hbond substituents is 1. The molecule has 2 heterocycles. The van der Waals surface area contributed by atoms with Crippen LogP contribution in [0.4, 0.5) is 0 Å². The van der Waals surface area contributed by atoms with Crippen LogP contribution in [0.3, 0.4) is 0 Å². The van der Waals surface area contributed by atoms with Gasteiger partial charge in [0.25, 0.3) is 0 Å². The Hall–Kier alpha value is -1.85. The van der Waals surface area contributed by atoms with Crippen molar-refractivity contribution < 1.29 is 5.11 Å². The summed E-state index contributed by atoms with van der Waals surface area (Å²) in [5, 5.41) is 11.2. The number of aromatic hydroxyl groups is 1. The highest BCUT2D eigenvalue weighted by atomic mass is 35.5. The third kappa shape index (κ3) is 2.63. The van der Waals surface area contributed by atoms with E-state index in [1.807, 2.05) is 0 Å². The zero-order chi connectivity index (χ0) is 20.5. The highest BCUT2D eigenvalue weighted by Gasteiger charge is 2.22. The molecule has 28 heavy (non-hydrogen) atoms. The number of phenols is 1. The van der Waals surface area contributed by atoms with Gasteiger partial charge >= 0.3 is 0 Å². The monoisotopic (exact) mass is 387 g/mol. The maximum atomic E-state index is 10.2. The van der Waals surface area contributed by atoms with Crippen LogP contribution in [-0.4, -0.2) is 67.1 Å². The normalized spacial score (nSPS) is 11.5. The van der Waals surface area contributed by atoms with Crippen molar-refractivity contribution in [3.8, 4) is 17.1 Å². The predicted molar refractivity (Wildman–Crippen MR) is 122 cm³/mol. The molecule has 4 aromatic rings. The molecule has 0 unspecified atom stereocenters. The van der Waals surface area contributed by atoms with E-state index in [0.717, 1.165) is 0 Å². The van der Waals surface area contributed by atoms with Crippen LogP contribution in [0.5, 0.6) is 5.75 Å². The van der Waals surface area contributed by atoms with E-state index in [0.29, 0.717) is 31.6 Å². The van der Waals surface area contributed by atoms with Crippen LogP contribution >= 0.6 is 22.9 Å². The Balaban J connectivity index is 2.30. The lowest BCUT2D eigenvalue weighted by Gasteiger charge is -2.16. The number of thiophene rings is 1. The minimum Gasteiger partial charge on any atom is -0.509 e. The van der Waals surface area contributed by atoms with Gasteiger partial charge in [0.2, 0.25) is 5.28 Å². The maximum Gasteiger partial charge on any atom is 0.226 e. The molecule has 0 fully saturated rings. The number of hydrogen-bond donors (Lipinski definition) is 1. The van der Waals surface area contributed by atoms with Crippen LogP contribution in [-0.2, 0) is 0 Å². The van der Waals surface area contributed by atoms with Crippen molar-refractivity contribution in [3.63, 3.8) is 0 Å². The van der Waals surface area contributed by atoms with Crippen LogP contribution in [0.15, 0.2) is 0 Å². The Labute approximate surface area is 178 Å². The molecule has 0 atom stereocenters. The first kappa shape index (κ1) is 19.5. The molecule has 4 rings (SSSR count). The largest absolute Gasteiger partial charge is 0.509 e. The Morgan fingerprint density at radius 1 is 0.750 bits per heavy atom. The Morgan fingerprint density at radius 3 is 2.00 bits per heavy atom. The molecule has 12 heteroatoms. The van der Waals surface area contributed by atoms with Gasteiger partial charge in [0.1, 0.15) is 58.7 Å². The molecule has 120 valence electrons. The van der Waals surface area contributed by atoms with Gasteiger partial charge in [-0.15, -0.1) is 16.8 Å². The first-order chi connectivity index (χ1) is 13.1. The van der Waals surface area contributed by atoms with E-state index in [-0.39, 0.29) is 49.6 Å². The van der Waals surface area contributed by atoms with Crippen molar-refractivity contribution in [2.24, 2.45) is 0 Å². The van der Waals surface area contributed by atoms with Gasteiger partial charge in [0.05, 0.1) is 0 Å². The molecule has 0 spiro atoms. The van der Waals surface area contributed by atoms with Gasteiger partial charge in [-0.25, -0.2) is 9.97 Å². The lowest BCUT2D eigenvalue weighted by Crippen LogP contribution is -2.41. The second-order valence-corrected chi connectivity index (χ2v) is 7.55. The number of nitrogens with zero attached hydrogens (tertiary/aromatic N) is 3. The van der Waals surface area contributed by atoms with E-state index >= 15 is 0 Å². The van der Waals surface area contributed by atoms with Crippen molar-refractivity contribution in [2.75, 3.05) is 0 Å². The Kier molecular flexibility index (Phi) is 4.59. The quantitative estimate of drug-likeness (QED) is 0.363. The maximum absolute atomic E-state index is 10.2. The molecule has 0 aliphatic rings. The van der Waals surface area contributed by atoms with E-state index in [4.69, 9.17) is 58.7 Å². The number of fused-ring (bicyclic) bond motifs is 3. The second-order valence-electron chi connectivity index (χ2n) is 6.19. The van der Waals surface area contributed by atoms with Gasteiger partial charge in [0.15, 0.2) is 5.82 Å². The molecule has 0 bridgehead atoms. The van der Waals surface area contributed by atoms with Crippen molar-refractivity contribution in [1.82, 2.24) is 15.0 Å². The van der Waals surface area contributed by atoms with Crippen molar-refractivity contribution in [2.45, 2.75) is 6.92 Å². The van der Waals surface area contributed by atoms with Crippen molar-refractivity contribution >= 4 is 123 Å². The van der Waals surface area contributed by atoms with E-state index < -0.39 is 0 Å². The molecule has 0 saturated carbocycles. The topological polar surface area (TPSA) is 58.9 Å². The summed E-state index contributed by atoms with van der Waals surface area (Å²) >= 11 is 7.22. The molecule has 0 aliphatic heterocycles. The molecule has 0 amide bonds. The number of aryl methyl sites for hydroxylation is 1. The summed E-state index contributed by atoms with van der Waals surface area (Å²) in [6.07, 6.45) is 0. The van der Waals surface area contributed by atoms with Gasteiger partial charge in [-0.1, -0.05) is 21.9 Å². The number of rotatable bonds is 1. The summed E-state index contributed by atoms with van der Waals surface area (Å²) in [6, 6.07) is 0. The predicted octanol–water partition coefficient (Wildman–Crippen LogP) is -2.66. The zero-order valence-corrected chi connectivity index (χ0v) is 16.1. The zero-order valence-electron chi connectivity index (χ0n) is 14.5. The van der Waals surface area contributed by atoms with Gasteiger partial charge in [0, 0.05) is 15.0 Å². The molecule has 4 nitrogen and oxygen atoms in total. The number of benzene rings is 2. The first-order valence-electron chi connectivity index (χ1n) is 7.89. The summed E-state index contributed by atoms with van der Waals surface area (Å²) in [5.41, 5.74) is 1.14. The fourth-order valence-electron chi connectivity index (χ4n) is 3.15. The van der Waals surface area contributed by atoms with E-state index in [1.165, 1.54) is 11.3 Å². The van der Waals surface area contributed by atoms with Gasteiger partial charge in [-0.05, 0) is 34.8 Å². The average molecular weight is 387 g/mol. The Morgan fingerprint density at radius 2 is 1.36 bits per heavy atom. The van der Waals surface area contributed by atoms with Crippen LogP contribution in [0.1, 0.15) is 5.82 Å². The Bertz CT molecular complexity index is 1310. The molecule has 0 aliphatic carbocycles. The van der Waals surface area contributed by atoms with E-state index in [1.54, 1.807) is 6.92 Å². The summed E-state index contributed by atoms with van der Waals surface area (Å²) in [7, 11) is 36.8. The van der Waals surface area contributed by atoms with Crippen molar-refractivity contribution in [3.05, 3.63) is 11.1 Å². The molecular formula is C16H4B6ClN3OS. The molecule has 0 saturated heterocycles. The third-order valence-corrected chi connectivity index (χ3v) is 5.92. The lowest BCUT2D eigenvalue weighted by atomic mass is 9.67. The van der Waals surface area contributed by atoms with Crippen LogP contribution in [0.2, 0.25) is 5.28 Å². The van der Waals surface area contributed by atoms with E-state index in [9.17, 15) is 5.11 Å². The van der Waals surface area contributed by atoms with Gasteiger partial charge in [-0.3, -0.25) is 0 Å². The van der Waals surface area contributed by atoms with Gasteiger partial charge < -0.3 is 5.11 Å². The standard InChI is InChI=1S/C16H4B6ClN3OS/c1-2-24-15(26-16(23)25-2)5-8(19)9(20)6(17)3-4-7(18)10(21)12(27)11(22)14(4)28-13(3)5/h27H,1H3. The highest BCUT2D eigenvalue weighted by molar-refractivity contribution is 7.28. The summed E-state index contributed by atoms with van der Waals surface area (Å²) in [6.45, 7) is 1.67. The number of halogens is 1. The minimum atomic E-state index is -0.295. The average Bonchev–Trinajstić information content (AvgIpc) is 3.02. The lowest BCUT2D eigenvalue weighted by molar-refractivity contribution is 0.485. The SMILES string of the molecule is [B]c1c([B])c([B])c2c(sc3c([B])c(O)c([B])c([B])c32)c1-c1nc(C)nc(Cl)n1. The molecule has 2 aromatic heterocycles. The minimum absolute atomic E-state index is 0.00692. The summed E-state index contributed by atoms with van der Waals surface area (Å²) in [5.74, 6) is 0.337. The molecule has 2 aromatic carbocycles. The third-order valence-electron chi connectivity index (χ3n) is 4.51. The van der Waals surface area contributed by atoms with E-state index in [2.05, 4.69) is 15.0 Å².